The number of carbonyl (C=O) groups excluding carboxylic acids is 2. The molecule has 0 spiro atoms. The number of likely N-dealkylation sites (tertiary alicyclic amines) is 2. The number of aliphatic hydroxyl groups excluding tert-OH is 1. The summed E-state index contributed by atoms with van der Waals surface area (Å²) in [6.07, 6.45) is 15.8. The highest BCUT2D eigenvalue weighted by Gasteiger charge is 2.44. The molecule has 83 heavy (non-hydrogen) atoms. The number of terminal acetylenes is 1. The third kappa shape index (κ3) is 11.4. The quantitative estimate of drug-likeness (QED) is 0.0675. The van der Waals surface area contributed by atoms with Crippen LogP contribution < -0.4 is 25.2 Å². The van der Waals surface area contributed by atoms with Crippen LogP contribution in [-0.2, 0) is 16.6 Å². The van der Waals surface area contributed by atoms with E-state index in [4.69, 9.17) is 20.7 Å². The summed E-state index contributed by atoms with van der Waals surface area (Å²) < 4.78 is 46.2. The van der Waals surface area contributed by atoms with Crippen molar-refractivity contribution in [3.8, 4) is 46.6 Å². The molecule has 12 rings (SSSR count). The van der Waals surface area contributed by atoms with Crippen molar-refractivity contribution in [3.05, 3.63) is 102 Å². The number of anilines is 2. The highest BCUT2D eigenvalue weighted by Crippen LogP contribution is 2.41. The van der Waals surface area contributed by atoms with Crippen LogP contribution in [0.4, 0.5) is 20.4 Å². The molecule has 0 saturated carbocycles. The molecular formula is C63H72F2N12O6. The predicted molar refractivity (Wildman–Crippen MR) is 312 cm³/mol. The number of nitrogens with one attached hydrogen (secondary N) is 2. The molecule has 9 heterocycles. The summed E-state index contributed by atoms with van der Waals surface area (Å²) in [4.78, 5) is 50.7. The number of hydrogen-bond donors (Lipinski definition) is 4. The summed E-state index contributed by atoms with van der Waals surface area (Å²) in [6, 6.07) is 16.8. The fourth-order valence-electron chi connectivity index (χ4n) is 13.6. The zero-order chi connectivity index (χ0) is 57.6. The molecule has 5 fully saturated rings. The van der Waals surface area contributed by atoms with Crippen molar-refractivity contribution >= 4 is 45.1 Å². The number of hydrogen-bond acceptors (Lipinski definition) is 15. The number of piperazine rings is 1. The van der Waals surface area contributed by atoms with Crippen LogP contribution in [0.3, 0.4) is 0 Å². The molecule has 3 aromatic carbocycles. The molecule has 5 saturated heterocycles. The zero-order valence-corrected chi connectivity index (χ0v) is 47.5. The van der Waals surface area contributed by atoms with Gasteiger partial charge in [0, 0.05) is 94.2 Å². The Bertz CT molecular complexity index is 3560. The Hall–Kier alpha value is -7.73. The Labute approximate surface area is 481 Å². The first-order chi connectivity index (χ1) is 40.2. The van der Waals surface area contributed by atoms with Crippen LogP contribution in [0.5, 0.6) is 11.8 Å². The summed E-state index contributed by atoms with van der Waals surface area (Å²) >= 11 is 0. The average Bonchev–Trinajstić information content (AvgIpc) is 4.31. The second-order valence-corrected chi connectivity index (χ2v) is 23.9. The highest BCUT2D eigenvalue weighted by atomic mass is 19.1. The van der Waals surface area contributed by atoms with E-state index >= 15 is 8.78 Å². The summed E-state index contributed by atoms with van der Waals surface area (Å²) in [7, 11) is 1.89. The number of fused-ring (bicyclic) bond motifs is 4. The molecule has 5 aliphatic heterocycles. The van der Waals surface area contributed by atoms with Gasteiger partial charge in [-0.15, -0.1) is 6.42 Å². The van der Waals surface area contributed by atoms with E-state index < -0.39 is 29.7 Å². The first-order valence-corrected chi connectivity index (χ1v) is 29.4. The molecule has 434 valence electrons. The third-order valence-electron chi connectivity index (χ3n) is 18.1. The van der Waals surface area contributed by atoms with E-state index in [0.29, 0.717) is 66.2 Å². The summed E-state index contributed by atoms with van der Waals surface area (Å²) in [5.74, 6) is 2.36. The monoisotopic (exact) mass is 1130 g/mol. The summed E-state index contributed by atoms with van der Waals surface area (Å²) in [5, 5.41) is 38.2. The molecule has 7 aromatic rings. The van der Waals surface area contributed by atoms with Crippen LogP contribution >= 0.6 is 0 Å². The number of aromatic nitrogens is 6. The molecular weight excluding hydrogens is 1060 g/mol. The number of pyridine rings is 1. The van der Waals surface area contributed by atoms with Gasteiger partial charge in [0.1, 0.15) is 47.2 Å². The van der Waals surface area contributed by atoms with E-state index in [1.807, 2.05) is 68.9 Å². The number of phenols is 1. The minimum Gasteiger partial charge on any atom is -0.508 e. The highest BCUT2D eigenvalue weighted by molar-refractivity contribution is 6.03. The van der Waals surface area contributed by atoms with Gasteiger partial charge in [0.25, 0.3) is 0 Å². The van der Waals surface area contributed by atoms with E-state index in [2.05, 4.69) is 51.5 Å². The maximum absolute atomic E-state index is 17.1. The minimum absolute atomic E-state index is 0.0175. The van der Waals surface area contributed by atoms with Crippen LogP contribution in [0, 0.1) is 41.7 Å². The van der Waals surface area contributed by atoms with Gasteiger partial charge in [-0.2, -0.15) is 15.1 Å². The van der Waals surface area contributed by atoms with Crippen molar-refractivity contribution in [1.82, 2.24) is 50.3 Å². The number of aryl methyl sites for hydroxylation is 1. The van der Waals surface area contributed by atoms with Gasteiger partial charge in [0.2, 0.25) is 11.8 Å². The van der Waals surface area contributed by atoms with Crippen molar-refractivity contribution in [2.75, 3.05) is 68.8 Å². The van der Waals surface area contributed by atoms with Crippen molar-refractivity contribution in [3.63, 3.8) is 0 Å². The first-order valence-electron chi connectivity index (χ1n) is 29.4. The van der Waals surface area contributed by atoms with Gasteiger partial charge in [-0.25, -0.2) is 8.78 Å². The predicted octanol–water partition coefficient (Wildman–Crippen LogP) is 8.12. The second kappa shape index (κ2) is 23.5. The fourth-order valence-corrected chi connectivity index (χ4v) is 13.6. The Morgan fingerprint density at radius 1 is 0.916 bits per heavy atom. The third-order valence-corrected chi connectivity index (χ3v) is 18.1. The summed E-state index contributed by atoms with van der Waals surface area (Å²) in [5.41, 5.74) is 2.92. The lowest BCUT2D eigenvalue weighted by molar-refractivity contribution is -0.141. The molecule has 2 bridgehead atoms. The molecule has 4 N–H and O–H groups in total. The lowest BCUT2D eigenvalue weighted by Gasteiger charge is -2.36. The zero-order valence-electron chi connectivity index (χ0n) is 47.5. The van der Waals surface area contributed by atoms with Gasteiger partial charge in [-0.1, -0.05) is 55.3 Å². The van der Waals surface area contributed by atoms with Gasteiger partial charge in [-0.05, 0) is 123 Å². The lowest BCUT2D eigenvalue weighted by Crippen LogP contribution is -2.51. The number of amides is 2. The molecule has 20 heteroatoms. The second-order valence-electron chi connectivity index (χ2n) is 23.9. The summed E-state index contributed by atoms with van der Waals surface area (Å²) in [6.45, 7) is 11.8. The number of aliphatic hydroxyl groups is 1. The molecule has 0 aliphatic carbocycles. The number of ether oxygens (including phenoxy) is 1. The Kier molecular flexibility index (Phi) is 15.8. The number of halogens is 2. The molecule has 2 unspecified atom stereocenters. The Morgan fingerprint density at radius 3 is 2.35 bits per heavy atom. The van der Waals surface area contributed by atoms with Gasteiger partial charge in [-0.3, -0.25) is 24.2 Å². The SMILES string of the molecule is C#Cc1c(F)ccc2cc(O)cc(-c3ncc4c(N5CC6CCC(C5)N6)nc(OCCN5CCC(CC6CCN(c7cc([C@H](C(=O)N8C[C@H](O)C[C@H]8C(=O)N[C@@H](C)c8ccc(-c9ccnn9C)cc8)C(C)C)on7)CC6)CC5)nc4c3F)c12. The number of carbonyl (C=O) groups is 2. The molecule has 6 atom stereocenters. The van der Waals surface area contributed by atoms with Crippen molar-refractivity contribution in [2.45, 2.75) is 108 Å². The number of rotatable bonds is 16. The molecule has 18 nitrogen and oxygen atoms in total. The molecule has 5 aliphatic rings. The number of piperidine rings is 2. The van der Waals surface area contributed by atoms with E-state index in [1.54, 1.807) is 12.4 Å². The topological polar surface area (TPSA) is 203 Å². The van der Waals surface area contributed by atoms with Crippen LogP contribution in [0.2, 0.25) is 0 Å². The smallest absolute Gasteiger partial charge is 0.319 e. The normalized spacial score (nSPS) is 21.5. The van der Waals surface area contributed by atoms with Gasteiger partial charge >= 0.3 is 6.01 Å². The van der Waals surface area contributed by atoms with Crippen molar-refractivity contribution in [2.24, 2.45) is 24.8 Å². The van der Waals surface area contributed by atoms with Crippen LogP contribution in [0.25, 0.3) is 44.2 Å². The van der Waals surface area contributed by atoms with E-state index in [0.717, 1.165) is 87.9 Å². The average molecular weight is 1130 g/mol. The van der Waals surface area contributed by atoms with Gasteiger partial charge in [0.05, 0.1) is 28.8 Å². The number of phenolic OH excluding ortho intramolecular Hbond substituents is 1. The van der Waals surface area contributed by atoms with E-state index in [-0.39, 0.29) is 88.3 Å². The van der Waals surface area contributed by atoms with Crippen molar-refractivity contribution < 1.29 is 37.8 Å². The number of benzene rings is 3. The largest absolute Gasteiger partial charge is 0.508 e. The number of nitrogens with zero attached hydrogens (tertiary/aromatic N) is 10. The fraction of sp³-hybridized carbons (Fsp3) is 0.476. The maximum Gasteiger partial charge on any atom is 0.319 e. The molecule has 0 radical (unpaired) electrons. The Balaban J connectivity index is 0.638. The number of β-amino-alcohol motifs (C(OH)–C–C–N with tert-alkyl or cyclic N) is 1. The van der Waals surface area contributed by atoms with Crippen LogP contribution in [0.1, 0.15) is 101 Å². The Morgan fingerprint density at radius 2 is 1.65 bits per heavy atom. The molecule has 2 amide bonds. The minimum atomic E-state index is -0.828. The standard InChI is InChI=1S/C63H72F2N12O6/c1-6-47-50(64)14-11-42-28-45(78)29-48(56(42)47)58-57(65)59-49(32-66-58)60(76-33-43-12-13-44(34-76)69-43)71-63(70-59)82-26-25-74-21-16-38(17-22-74)27-39-18-23-75(24-19-39)54-31-53(83-72-54)55(36(2)3)62(81)77-35-46(79)30-52(77)61(80)68-37(4)40-7-9-41(10-8-40)51-15-20-67-73(51)5/h1,7-11,14-15,20,28-29,31-32,36-39,43-44,46,52,55,69,78-79H,12-13,16-19,21-27,30,33-35H2,2-5H3,(H,68,80)/t37-,43?,44?,46+,52-,55+/m0/s1. The lowest BCUT2D eigenvalue weighted by atomic mass is 9.83. The van der Waals surface area contributed by atoms with Crippen LogP contribution in [-0.4, -0.2) is 145 Å². The van der Waals surface area contributed by atoms with E-state index in [9.17, 15) is 19.8 Å². The molecule has 4 aromatic heterocycles. The first kappa shape index (κ1) is 55.8. The number of aromatic hydroxyl groups is 1. The van der Waals surface area contributed by atoms with Gasteiger partial charge < -0.3 is 44.8 Å². The van der Waals surface area contributed by atoms with Crippen molar-refractivity contribution in [1.29, 1.82) is 0 Å². The van der Waals surface area contributed by atoms with Crippen LogP contribution in [0.15, 0.2) is 77.6 Å². The van der Waals surface area contributed by atoms with E-state index in [1.165, 1.54) is 29.2 Å². The van der Waals surface area contributed by atoms with Gasteiger partial charge in [0.15, 0.2) is 17.4 Å². The maximum atomic E-state index is 17.1.